The quantitative estimate of drug-likeness (QED) is 0.668. The van der Waals surface area contributed by atoms with Crippen molar-refractivity contribution in [2.75, 3.05) is 37.7 Å². The zero-order chi connectivity index (χ0) is 21.4. The van der Waals surface area contributed by atoms with Gasteiger partial charge in [0.15, 0.2) is 5.82 Å². The predicted octanol–water partition coefficient (Wildman–Crippen LogP) is 3.10. The van der Waals surface area contributed by atoms with E-state index in [0.29, 0.717) is 32.1 Å². The second-order valence-corrected chi connectivity index (χ2v) is 8.23. The molecule has 162 valence electrons. The Morgan fingerprint density at radius 3 is 2.84 bits per heavy atom. The molecule has 9 heteroatoms. The van der Waals surface area contributed by atoms with Gasteiger partial charge in [-0.05, 0) is 31.9 Å². The summed E-state index contributed by atoms with van der Waals surface area (Å²) in [6, 6.07) is 6.26. The highest BCUT2D eigenvalue weighted by Crippen LogP contribution is 2.33. The fourth-order valence-corrected chi connectivity index (χ4v) is 4.52. The van der Waals surface area contributed by atoms with Crippen LogP contribution in [0.1, 0.15) is 31.4 Å². The van der Waals surface area contributed by atoms with Crippen LogP contribution in [-0.4, -0.2) is 74.9 Å². The maximum atomic E-state index is 11.3. The molecule has 2 aliphatic rings. The first-order valence-corrected chi connectivity index (χ1v) is 10.7. The van der Waals surface area contributed by atoms with Gasteiger partial charge >= 0.3 is 6.09 Å². The first-order chi connectivity index (χ1) is 15.1. The molecule has 0 radical (unpaired) electrons. The zero-order valence-electron chi connectivity index (χ0n) is 17.5. The number of fused-ring (bicyclic) bond motifs is 1. The summed E-state index contributed by atoms with van der Waals surface area (Å²) in [5, 5.41) is 10.3. The number of rotatable bonds is 3. The Bertz CT molecular complexity index is 1090. The highest BCUT2D eigenvalue weighted by Gasteiger charge is 2.27. The van der Waals surface area contributed by atoms with Crippen LogP contribution < -0.4 is 4.90 Å². The molecule has 0 saturated carbocycles. The first-order valence-electron chi connectivity index (χ1n) is 10.7. The van der Waals surface area contributed by atoms with Crippen LogP contribution in [0.4, 0.5) is 10.6 Å². The second-order valence-electron chi connectivity index (χ2n) is 8.23. The Kier molecular flexibility index (Phi) is 5.19. The third-order valence-corrected chi connectivity index (χ3v) is 6.28. The number of aromatic nitrogens is 4. The largest absolute Gasteiger partial charge is 0.465 e. The van der Waals surface area contributed by atoms with Crippen molar-refractivity contribution in [3.8, 4) is 11.4 Å². The Balaban J connectivity index is 1.56. The molecule has 2 saturated heterocycles. The van der Waals surface area contributed by atoms with Gasteiger partial charge in [0.2, 0.25) is 0 Å². The Labute approximate surface area is 180 Å². The van der Waals surface area contributed by atoms with E-state index in [2.05, 4.69) is 27.9 Å². The summed E-state index contributed by atoms with van der Waals surface area (Å²) < 4.78 is 5.62. The molecule has 31 heavy (non-hydrogen) atoms. The van der Waals surface area contributed by atoms with Gasteiger partial charge in [0.05, 0.1) is 19.3 Å². The average Bonchev–Trinajstić information content (AvgIpc) is 3.28. The number of likely N-dealkylation sites (tertiary alicyclic amines) is 1. The normalized spacial score (nSPS) is 20.4. The lowest BCUT2D eigenvalue weighted by Gasteiger charge is -2.35. The summed E-state index contributed by atoms with van der Waals surface area (Å²) in [6.07, 6.45) is 4.31. The van der Waals surface area contributed by atoms with E-state index in [1.165, 1.54) is 4.90 Å². The van der Waals surface area contributed by atoms with Gasteiger partial charge in [-0.3, -0.25) is 0 Å². The number of nitrogens with zero attached hydrogens (tertiary/aromatic N) is 5. The van der Waals surface area contributed by atoms with Gasteiger partial charge in [0, 0.05) is 60.7 Å². The van der Waals surface area contributed by atoms with Crippen LogP contribution in [0.25, 0.3) is 22.4 Å². The van der Waals surface area contributed by atoms with E-state index in [1.807, 2.05) is 18.3 Å². The number of H-pyrrole nitrogens is 1. The number of aromatic amines is 1. The fourth-order valence-electron chi connectivity index (χ4n) is 4.52. The number of ether oxygens (including phenoxy) is 1. The van der Waals surface area contributed by atoms with Crippen LogP contribution >= 0.6 is 0 Å². The second kappa shape index (κ2) is 8.14. The lowest BCUT2D eigenvalue weighted by atomic mass is 9.93. The maximum absolute atomic E-state index is 11.3. The minimum Gasteiger partial charge on any atom is -0.465 e. The van der Waals surface area contributed by atoms with Gasteiger partial charge in [-0.25, -0.2) is 19.7 Å². The molecular formula is C22H26N6O3. The highest BCUT2D eigenvalue weighted by molar-refractivity contribution is 5.91. The number of carbonyl (C=O) groups is 1. The maximum Gasteiger partial charge on any atom is 0.407 e. The first kappa shape index (κ1) is 19.7. The lowest BCUT2D eigenvalue weighted by molar-refractivity contribution is 0.0985. The molecule has 3 aromatic rings. The van der Waals surface area contributed by atoms with E-state index in [1.54, 1.807) is 6.20 Å². The SMILES string of the molecule is CC1COCCN1c1cc(C2CCN(C(=O)O)CC2)nc(-c2ccnc3[nH]ccc23)n1. The molecule has 0 spiro atoms. The fraction of sp³-hybridized carbons (Fsp3) is 0.455. The molecule has 1 unspecified atom stereocenters. The smallest absolute Gasteiger partial charge is 0.407 e. The monoisotopic (exact) mass is 422 g/mol. The Morgan fingerprint density at radius 2 is 2.06 bits per heavy atom. The summed E-state index contributed by atoms with van der Waals surface area (Å²) in [6.45, 7) is 5.32. The molecular weight excluding hydrogens is 396 g/mol. The van der Waals surface area contributed by atoms with Gasteiger partial charge in [0.1, 0.15) is 11.5 Å². The van der Waals surface area contributed by atoms with Gasteiger partial charge in [-0.15, -0.1) is 0 Å². The number of piperidine rings is 1. The molecule has 9 nitrogen and oxygen atoms in total. The van der Waals surface area contributed by atoms with Crippen molar-refractivity contribution in [1.29, 1.82) is 0 Å². The number of amides is 1. The number of hydrogen-bond acceptors (Lipinski definition) is 6. The third kappa shape index (κ3) is 3.81. The van der Waals surface area contributed by atoms with Crippen LogP contribution in [0.5, 0.6) is 0 Å². The highest BCUT2D eigenvalue weighted by atomic mass is 16.5. The molecule has 2 fully saturated rings. The summed E-state index contributed by atoms with van der Waals surface area (Å²) >= 11 is 0. The van der Waals surface area contributed by atoms with Crippen molar-refractivity contribution in [3.63, 3.8) is 0 Å². The number of pyridine rings is 1. The van der Waals surface area contributed by atoms with E-state index >= 15 is 0 Å². The summed E-state index contributed by atoms with van der Waals surface area (Å²) in [7, 11) is 0. The van der Waals surface area contributed by atoms with Gasteiger partial charge in [0.25, 0.3) is 0 Å². The Hall–Kier alpha value is -3.20. The lowest BCUT2D eigenvalue weighted by Crippen LogP contribution is -2.44. The number of anilines is 1. The number of nitrogens with one attached hydrogen (secondary N) is 1. The standard InChI is InChI=1S/C22H26N6O3/c1-14-13-31-11-10-28(14)19-12-18(15-4-8-27(9-5-15)22(29)30)25-21(26-19)17-3-7-24-20-16(17)2-6-23-20/h2-3,6-7,12,14-15H,4-5,8-11,13H2,1H3,(H,23,24)(H,29,30). The van der Waals surface area contributed by atoms with E-state index < -0.39 is 6.09 Å². The zero-order valence-corrected chi connectivity index (χ0v) is 17.5. The molecule has 0 aliphatic carbocycles. The Morgan fingerprint density at radius 1 is 1.23 bits per heavy atom. The van der Waals surface area contributed by atoms with Crippen LogP contribution in [0, 0.1) is 0 Å². The van der Waals surface area contributed by atoms with Crippen LogP contribution in [0.15, 0.2) is 30.6 Å². The molecule has 2 aliphatic heterocycles. The molecule has 5 rings (SSSR count). The molecule has 1 atom stereocenters. The van der Waals surface area contributed by atoms with E-state index in [9.17, 15) is 9.90 Å². The number of morpholine rings is 1. The summed E-state index contributed by atoms with van der Waals surface area (Å²) in [5.74, 6) is 1.78. The van der Waals surface area contributed by atoms with Crippen molar-refractivity contribution in [2.24, 2.45) is 0 Å². The predicted molar refractivity (Wildman–Crippen MR) is 116 cm³/mol. The number of carboxylic acid groups (broad SMARTS) is 1. The van der Waals surface area contributed by atoms with Crippen molar-refractivity contribution in [3.05, 3.63) is 36.3 Å². The van der Waals surface area contributed by atoms with Crippen molar-refractivity contribution in [2.45, 2.75) is 31.7 Å². The van der Waals surface area contributed by atoms with Crippen molar-refractivity contribution in [1.82, 2.24) is 24.8 Å². The topological polar surface area (TPSA) is 107 Å². The average molecular weight is 422 g/mol. The van der Waals surface area contributed by atoms with E-state index in [0.717, 1.165) is 47.5 Å². The van der Waals surface area contributed by atoms with Gasteiger partial charge < -0.3 is 24.6 Å². The third-order valence-electron chi connectivity index (χ3n) is 6.28. The molecule has 5 heterocycles. The molecule has 0 aromatic carbocycles. The molecule has 2 N–H and O–H groups in total. The minimum atomic E-state index is -0.851. The molecule has 0 bridgehead atoms. The van der Waals surface area contributed by atoms with Gasteiger partial charge in [-0.1, -0.05) is 0 Å². The summed E-state index contributed by atoms with van der Waals surface area (Å²) in [4.78, 5) is 32.5. The van der Waals surface area contributed by atoms with Crippen molar-refractivity contribution < 1.29 is 14.6 Å². The summed E-state index contributed by atoms with van der Waals surface area (Å²) in [5.41, 5.74) is 2.73. The molecule has 3 aromatic heterocycles. The molecule has 1 amide bonds. The van der Waals surface area contributed by atoms with E-state index in [4.69, 9.17) is 14.7 Å². The van der Waals surface area contributed by atoms with E-state index in [-0.39, 0.29) is 12.0 Å². The van der Waals surface area contributed by atoms with Crippen LogP contribution in [0.3, 0.4) is 0 Å². The van der Waals surface area contributed by atoms with Gasteiger partial charge in [-0.2, -0.15) is 0 Å². The van der Waals surface area contributed by atoms with Crippen LogP contribution in [-0.2, 0) is 4.74 Å². The van der Waals surface area contributed by atoms with Crippen LogP contribution in [0.2, 0.25) is 0 Å². The minimum absolute atomic E-state index is 0.205. The number of hydrogen-bond donors (Lipinski definition) is 2. The van der Waals surface area contributed by atoms with Crippen molar-refractivity contribution >= 4 is 22.9 Å².